The number of fused-ring (bicyclic) bond motifs is 1. The summed E-state index contributed by atoms with van der Waals surface area (Å²) < 4.78 is 2.11. The third kappa shape index (κ3) is 5.44. The summed E-state index contributed by atoms with van der Waals surface area (Å²) in [6, 6.07) is 27.3. The Hall–Kier alpha value is -3.90. The van der Waals surface area contributed by atoms with Gasteiger partial charge < -0.3 is 19.7 Å². The molecule has 5 rings (SSSR count). The van der Waals surface area contributed by atoms with Crippen molar-refractivity contribution in [1.82, 2.24) is 19.7 Å². The molecule has 190 valence electrons. The smallest absolute Gasteiger partial charge is 0.245 e. The zero-order valence-electron chi connectivity index (χ0n) is 21.5. The summed E-state index contributed by atoms with van der Waals surface area (Å²) in [7, 11) is 3.86. The van der Waals surface area contributed by atoms with E-state index in [1.807, 2.05) is 91.8 Å². The van der Waals surface area contributed by atoms with Gasteiger partial charge in [-0.15, -0.1) is 0 Å². The van der Waals surface area contributed by atoms with Crippen LogP contribution in [0.15, 0.2) is 91.1 Å². The van der Waals surface area contributed by atoms with Crippen LogP contribution in [-0.2, 0) is 36.0 Å². The van der Waals surface area contributed by atoms with E-state index in [0.717, 1.165) is 27.6 Å². The van der Waals surface area contributed by atoms with Gasteiger partial charge in [0.1, 0.15) is 6.04 Å². The number of amides is 2. The van der Waals surface area contributed by atoms with Crippen molar-refractivity contribution in [3.05, 3.63) is 108 Å². The quantitative estimate of drug-likeness (QED) is 0.406. The summed E-state index contributed by atoms with van der Waals surface area (Å²) in [5.41, 5.74) is 4.40. The number of hydrogen-bond acceptors (Lipinski definition) is 3. The number of aromatic nitrogens is 1. The molecule has 0 unspecified atom stereocenters. The highest BCUT2D eigenvalue weighted by molar-refractivity contribution is 5.91. The van der Waals surface area contributed by atoms with E-state index in [2.05, 4.69) is 28.2 Å². The predicted molar refractivity (Wildman–Crippen MR) is 147 cm³/mol. The van der Waals surface area contributed by atoms with Gasteiger partial charge >= 0.3 is 0 Å². The van der Waals surface area contributed by atoms with Crippen LogP contribution in [0.3, 0.4) is 0 Å². The molecule has 1 fully saturated rings. The van der Waals surface area contributed by atoms with Gasteiger partial charge in [0.05, 0.1) is 6.04 Å². The van der Waals surface area contributed by atoms with Crippen LogP contribution >= 0.6 is 0 Å². The summed E-state index contributed by atoms with van der Waals surface area (Å²) in [6.07, 6.45) is 3.19. The van der Waals surface area contributed by atoms with Gasteiger partial charge in [0.25, 0.3) is 0 Å². The van der Waals surface area contributed by atoms with Crippen LogP contribution in [0.1, 0.15) is 16.7 Å². The van der Waals surface area contributed by atoms with Gasteiger partial charge in [-0.1, -0.05) is 78.9 Å². The van der Waals surface area contributed by atoms with Gasteiger partial charge in [-0.05, 0) is 29.2 Å². The summed E-state index contributed by atoms with van der Waals surface area (Å²) in [5.74, 6) is -0.0477. The molecule has 0 radical (unpaired) electrons. The van der Waals surface area contributed by atoms with Crippen molar-refractivity contribution < 1.29 is 9.59 Å². The topological polar surface area (TPSA) is 57.6 Å². The van der Waals surface area contributed by atoms with Gasteiger partial charge in [0.15, 0.2) is 0 Å². The van der Waals surface area contributed by atoms with Gasteiger partial charge in [-0.2, -0.15) is 0 Å². The molecule has 0 spiro atoms. The first kappa shape index (κ1) is 24.8. The fourth-order valence-electron chi connectivity index (χ4n) is 5.39. The molecule has 1 saturated heterocycles. The van der Waals surface area contributed by atoms with Crippen LogP contribution < -0.4 is 5.32 Å². The van der Waals surface area contributed by atoms with Crippen molar-refractivity contribution in [1.29, 1.82) is 0 Å². The normalized spacial score (nSPS) is 16.6. The Morgan fingerprint density at radius 2 is 1.62 bits per heavy atom. The van der Waals surface area contributed by atoms with E-state index in [1.165, 1.54) is 0 Å². The molecule has 3 aromatic carbocycles. The minimum Gasteiger partial charge on any atom is -0.350 e. The highest BCUT2D eigenvalue weighted by Gasteiger charge is 2.37. The van der Waals surface area contributed by atoms with Gasteiger partial charge in [0.2, 0.25) is 11.8 Å². The molecule has 2 amide bonds. The number of carbonyl (C=O) groups is 2. The third-order valence-corrected chi connectivity index (χ3v) is 7.30. The van der Waals surface area contributed by atoms with Crippen molar-refractivity contribution in [2.45, 2.75) is 31.5 Å². The van der Waals surface area contributed by atoms with Crippen molar-refractivity contribution in [3.8, 4) is 0 Å². The van der Waals surface area contributed by atoms with E-state index >= 15 is 0 Å². The number of hydrogen-bond donors (Lipinski definition) is 1. The minimum absolute atomic E-state index is 0.0124. The van der Waals surface area contributed by atoms with Crippen LogP contribution in [0.25, 0.3) is 10.9 Å². The maximum absolute atomic E-state index is 13.9. The lowest BCUT2D eigenvalue weighted by Gasteiger charge is -2.39. The number of benzene rings is 3. The number of carbonyl (C=O) groups excluding carboxylic acids is 2. The SMILES string of the molecule is CN(Cc1ccccc1)C(=O)[C@H](Cc1ccccc1)N1CCN[C@H](Cc2cn(C)c3ccccc23)C1=O. The van der Waals surface area contributed by atoms with E-state index < -0.39 is 6.04 Å². The molecule has 2 heterocycles. The highest BCUT2D eigenvalue weighted by Crippen LogP contribution is 2.24. The number of rotatable bonds is 8. The third-order valence-electron chi connectivity index (χ3n) is 7.30. The first-order valence-electron chi connectivity index (χ1n) is 12.9. The van der Waals surface area contributed by atoms with Crippen molar-refractivity contribution in [3.63, 3.8) is 0 Å². The van der Waals surface area contributed by atoms with Crippen LogP contribution in [0.5, 0.6) is 0 Å². The molecular weight excluding hydrogens is 460 g/mol. The molecule has 1 aliphatic heterocycles. The largest absolute Gasteiger partial charge is 0.350 e. The van der Waals surface area contributed by atoms with E-state index in [9.17, 15) is 9.59 Å². The van der Waals surface area contributed by atoms with E-state index in [1.54, 1.807) is 4.90 Å². The van der Waals surface area contributed by atoms with Crippen molar-refractivity contribution >= 4 is 22.7 Å². The first-order chi connectivity index (χ1) is 18.0. The van der Waals surface area contributed by atoms with Crippen molar-refractivity contribution in [2.75, 3.05) is 20.1 Å². The lowest BCUT2D eigenvalue weighted by Crippen LogP contribution is -2.62. The molecule has 1 aliphatic rings. The van der Waals surface area contributed by atoms with Crippen LogP contribution in [0.2, 0.25) is 0 Å². The van der Waals surface area contributed by atoms with E-state index in [0.29, 0.717) is 32.5 Å². The van der Waals surface area contributed by atoms with Gasteiger partial charge in [-0.25, -0.2) is 0 Å². The molecule has 4 aromatic rings. The molecule has 6 heteroatoms. The number of likely N-dealkylation sites (N-methyl/N-ethyl adjacent to an activating group) is 1. The zero-order chi connectivity index (χ0) is 25.8. The molecule has 0 bridgehead atoms. The van der Waals surface area contributed by atoms with E-state index in [-0.39, 0.29) is 17.9 Å². The fourth-order valence-corrected chi connectivity index (χ4v) is 5.39. The number of nitrogens with one attached hydrogen (secondary N) is 1. The predicted octanol–water partition coefficient (Wildman–Crippen LogP) is 3.79. The number of nitrogens with zero attached hydrogens (tertiary/aromatic N) is 3. The maximum Gasteiger partial charge on any atom is 0.245 e. The Kier molecular flexibility index (Phi) is 7.37. The van der Waals surface area contributed by atoms with Gasteiger partial charge in [-0.3, -0.25) is 9.59 Å². The lowest BCUT2D eigenvalue weighted by molar-refractivity contribution is -0.148. The fraction of sp³-hybridized carbons (Fsp3) is 0.290. The van der Waals surface area contributed by atoms with Gasteiger partial charge in [0, 0.05) is 57.3 Å². The Labute approximate surface area is 218 Å². The number of aryl methyl sites for hydroxylation is 1. The van der Waals surface area contributed by atoms with Crippen LogP contribution in [-0.4, -0.2) is 58.4 Å². The maximum atomic E-state index is 13.9. The van der Waals surface area contributed by atoms with Crippen LogP contribution in [0.4, 0.5) is 0 Å². The second-order valence-electron chi connectivity index (χ2n) is 9.91. The highest BCUT2D eigenvalue weighted by atomic mass is 16.2. The number of para-hydroxylation sites is 1. The second kappa shape index (κ2) is 11.0. The lowest BCUT2D eigenvalue weighted by atomic mass is 9.98. The summed E-state index contributed by atoms with van der Waals surface area (Å²) >= 11 is 0. The van der Waals surface area contributed by atoms with Crippen LogP contribution in [0, 0.1) is 0 Å². The molecule has 1 aromatic heterocycles. The molecule has 0 aliphatic carbocycles. The van der Waals surface area contributed by atoms with E-state index in [4.69, 9.17) is 0 Å². The zero-order valence-corrected chi connectivity index (χ0v) is 21.5. The first-order valence-corrected chi connectivity index (χ1v) is 12.9. The minimum atomic E-state index is -0.555. The molecule has 0 saturated carbocycles. The molecule has 6 nitrogen and oxygen atoms in total. The summed E-state index contributed by atoms with van der Waals surface area (Å²) in [6.45, 7) is 1.67. The van der Waals surface area contributed by atoms with Crippen molar-refractivity contribution in [2.24, 2.45) is 7.05 Å². The Balaban J connectivity index is 1.39. The average molecular weight is 495 g/mol. The molecule has 37 heavy (non-hydrogen) atoms. The standard InChI is InChI=1S/C31H34N4O2/c1-33-22-25(26-15-9-10-16-28(26)33)20-27-30(36)35(18-17-32-27)29(19-23-11-5-3-6-12-23)31(37)34(2)21-24-13-7-4-8-14-24/h3-16,22,27,29,32H,17-21H2,1-2H3/t27-,29+/m1/s1. The average Bonchev–Trinajstić information content (AvgIpc) is 3.24. The monoisotopic (exact) mass is 494 g/mol. The molecule has 1 N–H and O–H groups in total. The molecular formula is C31H34N4O2. The molecule has 2 atom stereocenters. The summed E-state index contributed by atoms with van der Waals surface area (Å²) in [4.78, 5) is 31.3. The number of piperazine rings is 1. The Morgan fingerprint density at radius 1 is 0.973 bits per heavy atom. The summed E-state index contributed by atoms with van der Waals surface area (Å²) in [5, 5.41) is 4.59. The Bertz CT molecular complexity index is 1370. The Morgan fingerprint density at radius 3 is 2.35 bits per heavy atom. The second-order valence-corrected chi connectivity index (χ2v) is 9.91.